The maximum atomic E-state index is 12.6. The molecule has 18 atom stereocenters. The third-order valence-corrected chi connectivity index (χ3v) is 11.7. The fourth-order valence-electron chi connectivity index (χ4n) is 7.72. The number of rotatable bonds is 3. The van der Waals surface area contributed by atoms with Gasteiger partial charge in [0.1, 0.15) is 18.1 Å². The number of hydrogen-bond acceptors (Lipinski definition) is 17. The number of hydrogen-bond donors (Lipinski definition) is 12. The third-order valence-electron chi connectivity index (χ3n) is 11.7. The SMILES string of the molecule is C[C@@H]1[C@H](O)[C@@H](C)/C=C/C=C/C=C/C=C/C=C/C=C/C=C/C(OC2OC[C@@H](O)[C@H](N)[C@@H]2O)C[C@@H]2OC(O)(CC(O)CC(O)C(O)CCC(O)CC(O)CC(=O)O[C@H]1C)C[C@H](O)[C@H]2C(=O)O. The van der Waals surface area contributed by atoms with Gasteiger partial charge in [0.05, 0.1) is 80.1 Å². The number of carbonyl (C=O) groups is 2. The number of carboxylic acid groups (broad SMARTS) is 1. The second-order valence-electron chi connectivity index (χ2n) is 17.1. The summed E-state index contributed by atoms with van der Waals surface area (Å²) in [6.45, 7) is 4.95. The molecule has 3 aliphatic rings. The Kier molecular flexibility index (Phi) is 23.4. The molecule has 18 heteroatoms. The van der Waals surface area contributed by atoms with Crippen LogP contribution >= 0.6 is 0 Å². The molecule has 64 heavy (non-hydrogen) atoms. The molecule has 3 rings (SSSR count). The molecule has 3 aliphatic heterocycles. The van der Waals surface area contributed by atoms with Gasteiger partial charge >= 0.3 is 11.9 Å². The maximum Gasteiger partial charge on any atom is 0.311 e. The predicted molar refractivity (Wildman–Crippen MR) is 232 cm³/mol. The van der Waals surface area contributed by atoms with Crippen LogP contribution in [0.5, 0.6) is 0 Å². The Morgan fingerprint density at radius 3 is 1.86 bits per heavy atom. The smallest absolute Gasteiger partial charge is 0.311 e. The average Bonchev–Trinajstić information content (AvgIpc) is 3.21. The predicted octanol–water partition coefficient (Wildman–Crippen LogP) is 0.323. The zero-order valence-corrected chi connectivity index (χ0v) is 36.7. The quantitative estimate of drug-likeness (QED) is 0.170. The van der Waals surface area contributed by atoms with Gasteiger partial charge in [0, 0.05) is 37.5 Å². The van der Waals surface area contributed by atoms with Crippen molar-refractivity contribution in [3.63, 3.8) is 0 Å². The molecule has 2 bridgehead atoms. The van der Waals surface area contributed by atoms with E-state index in [2.05, 4.69) is 0 Å². The molecule has 8 unspecified atom stereocenters. The fourth-order valence-corrected chi connectivity index (χ4v) is 7.72. The van der Waals surface area contributed by atoms with Crippen LogP contribution in [0.15, 0.2) is 85.1 Å². The third kappa shape index (κ3) is 18.4. The summed E-state index contributed by atoms with van der Waals surface area (Å²) in [5.74, 6) is -6.81. The summed E-state index contributed by atoms with van der Waals surface area (Å²) in [6, 6.07) is -1.13. The number of cyclic esters (lactones) is 1. The van der Waals surface area contributed by atoms with Gasteiger partial charge in [-0.25, -0.2) is 0 Å². The van der Waals surface area contributed by atoms with Gasteiger partial charge in [0.2, 0.25) is 0 Å². The van der Waals surface area contributed by atoms with Gasteiger partial charge in [-0.2, -0.15) is 0 Å². The standard InChI is InChI=1S/C46H71NO17/c1-27-16-14-12-10-8-6-4-5-7-9-11-13-15-17-33(63-45-43(57)41(47)37(54)26-61-45)23-38-40(44(58)59)36(53)25-46(60,64-38)24-32(50)21-35(52)34(51)19-18-30(48)20-31(49)22-39(55)62-29(3)28(2)42(27)56/h4-17,27-38,40-43,45,48-54,56-57,60H,18-26,47H2,1-3H3,(H,58,59)/b5-4+,8-6+,9-7+,12-10+,13-11+,16-14+,17-15+/t27-,28-,29-,30?,31?,32?,33?,34?,35?,36-,37+,38-,40+,41-,42+,43-,45?,46?/m0/s1. The molecular weight excluding hydrogens is 838 g/mol. The van der Waals surface area contributed by atoms with E-state index in [1.54, 1.807) is 80.7 Å². The van der Waals surface area contributed by atoms with Crippen molar-refractivity contribution in [2.75, 3.05) is 6.61 Å². The molecule has 18 nitrogen and oxygen atoms in total. The summed E-state index contributed by atoms with van der Waals surface area (Å²) in [5, 5.41) is 118. The number of aliphatic carboxylic acids is 1. The monoisotopic (exact) mass is 909 g/mol. The number of ether oxygens (including phenoxy) is 4. The molecule has 2 fully saturated rings. The van der Waals surface area contributed by atoms with Crippen LogP contribution in [0, 0.1) is 17.8 Å². The van der Waals surface area contributed by atoms with Crippen molar-refractivity contribution in [3.05, 3.63) is 85.1 Å². The first-order valence-electron chi connectivity index (χ1n) is 21.9. The van der Waals surface area contributed by atoms with Gasteiger partial charge in [-0.3, -0.25) is 9.59 Å². The minimum atomic E-state index is -2.32. The minimum Gasteiger partial charge on any atom is -0.481 e. The van der Waals surface area contributed by atoms with E-state index >= 15 is 0 Å². The minimum absolute atomic E-state index is 0.106. The lowest BCUT2D eigenvalue weighted by molar-refractivity contribution is -0.305. The van der Waals surface area contributed by atoms with E-state index in [0.29, 0.717) is 0 Å². The molecule has 0 amide bonds. The van der Waals surface area contributed by atoms with E-state index in [1.807, 2.05) is 19.1 Å². The molecule has 0 aromatic heterocycles. The van der Waals surface area contributed by atoms with E-state index in [-0.39, 0.29) is 38.2 Å². The van der Waals surface area contributed by atoms with E-state index in [4.69, 9.17) is 24.7 Å². The van der Waals surface area contributed by atoms with Crippen LogP contribution in [0.3, 0.4) is 0 Å². The Hall–Kier alpha value is -3.44. The lowest BCUT2D eigenvalue weighted by Gasteiger charge is -2.45. The van der Waals surface area contributed by atoms with Crippen LogP contribution in [0.4, 0.5) is 0 Å². The molecule has 0 spiro atoms. The van der Waals surface area contributed by atoms with Crippen LogP contribution in [0.25, 0.3) is 0 Å². The summed E-state index contributed by atoms with van der Waals surface area (Å²) in [7, 11) is 0. The molecule has 0 aromatic rings. The normalized spacial score (nSPS) is 44.8. The van der Waals surface area contributed by atoms with Crippen LogP contribution in [0.1, 0.15) is 72.1 Å². The van der Waals surface area contributed by atoms with Crippen molar-refractivity contribution in [2.45, 2.75) is 164 Å². The molecule has 362 valence electrons. The number of fused-ring (bicyclic) bond motifs is 2. The van der Waals surface area contributed by atoms with Crippen molar-refractivity contribution in [1.82, 2.24) is 0 Å². The van der Waals surface area contributed by atoms with Gasteiger partial charge in [0.15, 0.2) is 12.1 Å². The molecule has 0 aliphatic carbocycles. The van der Waals surface area contributed by atoms with Gasteiger partial charge in [0.25, 0.3) is 0 Å². The highest BCUT2D eigenvalue weighted by Crippen LogP contribution is 2.38. The second-order valence-corrected chi connectivity index (χ2v) is 17.1. The van der Waals surface area contributed by atoms with E-state index in [1.165, 1.54) is 6.08 Å². The summed E-state index contributed by atoms with van der Waals surface area (Å²) < 4.78 is 22.8. The van der Waals surface area contributed by atoms with Crippen LogP contribution in [-0.2, 0) is 28.5 Å². The Morgan fingerprint density at radius 1 is 0.688 bits per heavy atom. The maximum absolute atomic E-state index is 12.6. The van der Waals surface area contributed by atoms with Crippen LogP contribution in [-0.4, -0.2) is 166 Å². The van der Waals surface area contributed by atoms with E-state index in [9.17, 15) is 65.8 Å². The number of allylic oxidation sites excluding steroid dienone is 12. The van der Waals surface area contributed by atoms with Crippen molar-refractivity contribution < 1.29 is 84.7 Å². The van der Waals surface area contributed by atoms with Crippen LogP contribution in [0.2, 0.25) is 0 Å². The number of carbonyl (C=O) groups excluding carboxylic acids is 1. The summed E-state index contributed by atoms with van der Waals surface area (Å²) in [5.41, 5.74) is 5.93. The highest BCUT2D eigenvalue weighted by atomic mass is 16.7. The Bertz CT molecular complexity index is 1630. The number of nitrogens with two attached hydrogens (primary N) is 1. The highest BCUT2D eigenvalue weighted by molar-refractivity contribution is 5.71. The number of aliphatic hydroxyl groups is 10. The molecule has 0 aromatic carbocycles. The van der Waals surface area contributed by atoms with E-state index in [0.717, 1.165) is 0 Å². The van der Waals surface area contributed by atoms with Gasteiger partial charge < -0.3 is 80.9 Å². The second kappa shape index (κ2) is 27.3. The van der Waals surface area contributed by atoms with Crippen LogP contribution < -0.4 is 5.73 Å². The molecule has 0 radical (unpaired) electrons. The Balaban J connectivity index is 1.84. The molecular formula is C46H71NO17. The fraction of sp³-hybridized carbons (Fsp3) is 0.652. The first-order chi connectivity index (χ1) is 30.2. The van der Waals surface area contributed by atoms with E-state index < -0.39 is 141 Å². The number of esters is 1. The van der Waals surface area contributed by atoms with Gasteiger partial charge in [-0.15, -0.1) is 0 Å². The average molecular weight is 910 g/mol. The first-order valence-corrected chi connectivity index (χ1v) is 21.9. The zero-order chi connectivity index (χ0) is 47.6. The Labute approximate surface area is 374 Å². The van der Waals surface area contributed by atoms with Crippen molar-refractivity contribution >= 4 is 11.9 Å². The first kappa shape index (κ1) is 54.9. The highest BCUT2D eigenvalue weighted by Gasteiger charge is 2.50. The largest absolute Gasteiger partial charge is 0.481 e. The number of carboxylic acids is 1. The van der Waals surface area contributed by atoms with Crippen molar-refractivity contribution in [3.8, 4) is 0 Å². The Morgan fingerprint density at radius 2 is 1.27 bits per heavy atom. The molecule has 0 saturated carbocycles. The summed E-state index contributed by atoms with van der Waals surface area (Å²) in [6.07, 6.45) is 4.41. The molecule has 2 saturated heterocycles. The lowest BCUT2D eigenvalue weighted by Crippen LogP contribution is -2.59. The lowest BCUT2D eigenvalue weighted by atomic mass is 9.82. The zero-order valence-electron chi connectivity index (χ0n) is 36.7. The van der Waals surface area contributed by atoms with Crippen molar-refractivity contribution in [2.24, 2.45) is 23.5 Å². The van der Waals surface area contributed by atoms with Gasteiger partial charge in [-0.05, 0) is 26.2 Å². The van der Waals surface area contributed by atoms with Crippen molar-refractivity contribution in [1.29, 1.82) is 0 Å². The number of aliphatic hydroxyl groups excluding tert-OH is 9. The topological polar surface area (TPSA) is 320 Å². The summed E-state index contributed by atoms with van der Waals surface area (Å²) >= 11 is 0. The molecule has 3 heterocycles. The molecule has 13 N–H and O–H groups in total. The summed E-state index contributed by atoms with van der Waals surface area (Å²) in [4.78, 5) is 25.0. The van der Waals surface area contributed by atoms with Gasteiger partial charge in [-0.1, -0.05) is 98.9 Å².